The van der Waals surface area contributed by atoms with Crippen LogP contribution in [0.25, 0.3) is 55.6 Å². The first-order chi connectivity index (χ1) is 26.8. The van der Waals surface area contributed by atoms with Gasteiger partial charge in [-0.3, -0.25) is 0 Å². The van der Waals surface area contributed by atoms with E-state index in [0.717, 1.165) is 17.1 Å². The molecule has 10 rings (SSSR count). The lowest BCUT2D eigenvalue weighted by Gasteiger charge is -2.33. The van der Waals surface area contributed by atoms with Crippen molar-refractivity contribution in [2.45, 2.75) is 38.5 Å². The van der Waals surface area contributed by atoms with Gasteiger partial charge >= 0.3 is 0 Å². The summed E-state index contributed by atoms with van der Waals surface area (Å²) in [6.45, 7) is 9.50. The zero-order valence-corrected chi connectivity index (χ0v) is 31.8. The van der Waals surface area contributed by atoms with Gasteiger partial charge in [-0.1, -0.05) is 191 Å². The predicted molar refractivity (Wildman–Crippen MR) is 233 cm³/mol. The Labute approximate surface area is 325 Å². The molecule has 0 fully saturated rings. The van der Waals surface area contributed by atoms with E-state index in [1.54, 1.807) is 0 Å². The zero-order valence-electron chi connectivity index (χ0n) is 31.8. The molecular weight excluding hydrogens is 663 g/mol. The molecule has 0 unspecified atom stereocenters. The summed E-state index contributed by atoms with van der Waals surface area (Å²) in [4.78, 5) is 2.52. The van der Waals surface area contributed by atoms with E-state index in [1.165, 1.54) is 77.9 Å². The molecule has 0 saturated heterocycles. The van der Waals surface area contributed by atoms with Gasteiger partial charge in [0.2, 0.25) is 0 Å². The summed E-state index contributed by atoms with van der Waals surface area (Å²) in [6.07, 6.45) is 0. The van der Waals surface area contributed by atoms with Crippen LogP contribution in [-0.4, -0.2) is 0 Å². The highest BCUT2D eigenvalue weighted by molar-refractivity contribution is 6.00. The number of anilines is 3. The van der Waals surface area contributed by atoms with E-state index in [-0.39, 0.29) is 10.8 Å². The van der Waals surface area contributed by atoms with Crippen LogP contribution in [0.2, 0.25) is 0 Å². The maximum Gasteiger partial charge on any atom is 0.0540 e. The van der Waals surface area contributed by atoms with Gasteiger partial charge in [-0.2, -0.15) is 0 Å². The maximum atomic E-state index is 2.52. The summed E-state index contributed by atoms with van der Waals surface area (Å²) < 4.78 is 0. The smallest absolute Gasteiger partial charge is 0.0540 e. The molecule has 0 aliphatic heterocycles. The SMILES string of the molecule is CC1(C)c2ccccc2-c2ccc(-c3ccccc3N(c3ccccc3-c3ccccc3)c3ccccc3-c3cccc4c3C(C)(C)c3ccccc3-4)cc21. The van der Waals surface area contributed by atoms with Crippen molar-refractivity contribution in [1.82, 2.24) is 0 Å². The van der Waals surface area contributed by atoms with Gasteiger partial charge in [0.15, 0.2) is 0 Å². The third kappa shape index (κ3) is 5.07. The molecule has 264 valence electrons. The van der Waals surface area contributed by atoms with Crippen LogP contribution in [-0.2, 0) is 10.8 Å². The van der Waals surface area contributed by atoms with Gasteiger partial charge in [-0.05, 0) is 85.5 Å². The quantitative estimate of drug-likeness (QED) is 0.166. The van der Waals surface area contributed by atoms with Crippen LogP contribution in [0.5, 0.6) is 0 Å². The van der Waals surface area contributed by atoms with Crippen LogP contribution in [0.3, 0.4) is 0 Å². The zero-order chi connectivity index (χ0) is 37.3. The second-order valence-electron chi connectivity index (χ2n) is 16.1. The van der Waals surface area contributed by atoms with Gasteiger partial charge in [0.05, 0.1) is 17.1 Å². The van der Waals surface area contributed by atoms with Gasteiger partial charge in [0.25, 0.3) is 0 Å². The number of fused-ring (bicyclic) bond motifs is 6. The first-order valence-corrected chi connectivity index (χ1v) is 19.5. The molecule has 0 N–H and O–H groups in total. The molecule has 55 heavy (non-hydrogen) atoms. The van der Waals surface area contributed by atoms with Crippen LogP contribution in [0.15, 0.2) is 188 Å². The van der Waals surface area contributed by atoms with E-state index in [0.29, 0.717) is 0 Å². The van der Waals surface area contributed by atoms with Crippen molar-refractivity contribution in [3.05, 3.63) is 210 Å². The summed E-state index contributed by atoms with van der Waals surface area (Å²) in [5.74, 6) is 0. The van der Waals surface area contributed by atoms with E-state index in [9.17, 15) is 0 Å². The van der Waals surface area contributed by atoms with Gasteiger partial charge in [0.1, 0.15) is 0 Å². The Morgan fingerprint density at radius 1 is 0.291 bits per heavy atom. The average Bonchev–Trinajstić information content (AvgIpc) is 3.61. The Kier molecular flexibility index (Phi) is 7.58. The lowest BCUT2D eigenvalue weighted by molar-refractivity contribution is 0.660. The van der Waals surface area contributed by atoms with Crippen LogP contribution in [0, 0.1) is 0 Å². The van der Waals surface area contributed by atoms with Gasteiger partial charge in [-0.25, -0.2) is 0 Å². The third-order valence-electron chi connectivity index (χ3n) is 12.3. The molecule has 1 heteroatoms. The Balaban J connectivity index is 1.23. The van der Waals surface area contributed by atoms with Crippen LogP contribution in [0.4, 0.5) is 17.1 Å². The Bertz CT molecular complexity index is 2770. The van der Waals surface area contributed by atoms with Crippen molar-refractivity contribution in [3.8, 4) is 55.6 Å². The second kappa shape index (κ2) is 12.6. The van der Waals surface area contributed by atoms with Gasteiger partial charge < -0.3 is 4.90 Å². The number of benzene rings is 8. The first-order valence-electron chi connectivity index (χ1n) is 19.5. The molecule has 2 aliphatic carbocycles. The fourth-order valence-electron chi connectivity index (χ4n) is 9.67. The van der Waals surface area contributed by atoms with E-state index >= 15 is 0 Å². The summed E-state index contributed by atoms with van der Waals surface area (Å²) >= 11 is 0. The molecule has 0 heterocycles. The van der Waals surface area contributed by atoms with Gasteiger partial charge in [0, 0.05) is 27.5 Å². The number of nitrogens with zero attached hydrogens (tertiary/aromatic N) is 1. The van der Waals surface area contributed by atoms with E-state index < -0.39 is 0 Å². The van der Waals surface area contributed by atoms with E-state index in [4.69, 9.17) is 0 Å². The molecule has 0 aromatic heterocycles. The Morgan fingerprint density at radius 2 is 0.709 bits per heavy atom. The maximum absolute atomic E-state index is 2.52. The van der Waals surface area contributed by atoms with E-state index in [1.807, 2.05) is 0 Å². The molecule has 0 amide bonds. The summed E-state index contributed by atoms with van der Waals surface area (Å²) in [7, 11) is 0. The summed E-state index contributed by atoms with van der Waals surface area (Å²) in [6, 6.07) is 69.5. The van der Waals surface area contributed by atoms with Crippen molar-refractivity contribution in [2.24, 2.45) is 0 Å². The molecule has 1 nitrogen and oxygen atoms in total. The van der Waals surface area contributed by atoms with Crippen molar-refractivity contribution in [3.63, 3.8) is 0 Å². The molecule has 0 bridgehead atoms. The first kappa shape index (κ1) is 33.2. The summed E-state index contributed by atoms with van der Waals surface area (Å²) in [5, 5.41) is 0. The number of para-hydroxylation sites is 3. The standard InChI is InChI=1S/C54H43N/c1-53(2)46-28-13-8-23-40(46)42-34-33-37(35-48(42)53)39-22-11-16-31-50(39)55(49-30-15-10-21-38(49)36-19-6-5-7-20-36)51-32-17-12-25-43(51)45-27-18-26-44-41-24-9-14-29-47(41)54(3,4)52(44)45/h5-35H,1-4H3. The molecule has 0 spiro atoms. The highest BCUT2D eigenvalue weighted by Crippen LogP contribution is 2.55. The largest absolute Gasteiger partial charge is 0.309 e. The average molecular weight is 706 g/mol. The fourth-order valence-corrected chi connectivity index (χ4v) is 9.67. The number of hydrogen-bond acceptors (Lipinski definition) is 1. The van der Waals surface area contributed by atoms with Crippen molar-refractivity contribution in [2.75, 3.05) is 4.90 Å². The fraction of sp³-hybridized carbons (Fsp3) is 0.111. The molecule has 0 radical (unpaired) electrons. The molecule has 2 aliphatic rings. The monoisotopic (exact) mass is 705 g/mol. The molecule has 0 saturated carbocycles. The third-order valence-corrected chi connectivity index (χ3v) is 12.3. The number of rotatable bonds is 6. The molecule has 8 aromatic carbocycles. The van der Waals surface area contributed by atoms with Crippen LogP contribution >= 0.6 is 0 Å². The topological polar surface area (TPSA) is 3.24 Å². The second-order valence-corrected chi connectivity index (χ2v) is 16.1. The predicted octanol–water partition coefficient (Wildman–Crippen LogP) is 14.8. The lowest BCUT2D eigenvalue weighted by Crippen LogP contribution is -2.17. The van der Waals surface area contributed by atoms with E-state index in [2.05, 4.69) is 221 Å². The minimum absolute atomic E-state index is 0.0961. The van der Waals surface area contributed by atoms with Crippen molar-refractivity contribution >= 4 is 17.1 Å². The lowest BCUT2D eigenvalue weighted by atomic mass is 9.78. The van der Waals surface area contributed by atoms with Crippen LogP contribution < -0.4 is 4.90 Å². The molecule has 0 atom stereocenters. The highest BCUT2D eigenvalue weighted by atomic mass is 15.1. The summed E-state index contributed by atoms with van der Waals surface area (Å²) in [5.41, 5.74) is 21.3. The molecule has 8 aromatic rings. The Morgan fingerprint density at radius 3 is 1.35 bits per heavy atom. The van der Waals surface area contributed by atoms with Crippen LogP contribution in [0.1, 0.15) is 49.9 Å². The minimum atomic E-state index is -0.158. The molecular formula is C54H43N. The van der Waals surface area contributed by atoms with Crippen molar-refractivity contribution < 1.29 is 0 Å². The van der Waals surface area contributed by atoms with Gasteiger partial charge in [-0.15, -0.1) is 0 Å². The van der Waals surface area contributed by atoms with Crippen molar-refractivity contribution in [1.29, 1.82) is 0 Å². The minimum Gasteiger partial charge on any atom is -0.309 e. The highest BCUT2D eigenvalue weighted by Gasteiger charge is 2.38. The number of hydrogen-bond donors (Lipinski definition) is 0. The Hall–Kier alpha value is -6.44. The normalized spacial score (nSPS) is 14.1.